The van der Waals surface area contributed by atoms with Crippen molar-refractivity contribution < 1.29 is 0 Å². The van der Waals surface area contributed by atoms with E-state index in [0.29, 0.717) is 0 Å². The topological polar surface area (TPSA) is 4.93 Å². The van der Waals surface area contributed by atoms with E-state index < -0.39 is 0 Å². The van der Waals surface area contributed by atoms with Crippen LogP contribution < -0.4 is 0 Å². The molecule has 0 aromatic carbocycles. The van der Waals surface area contributed by atoms with Crippen LogP contribution >= 0.6 is 11.3 Å². The molecule has 0 radical (unpaired) electrons. The average molecular weight is 203 g/mol. The van der Waals surface area contributed by atoms with Crippen LogP contribution in [0, 0.1) is 0 Å². The van der Waals surface area contributed by atoms with Crippen molar-refractivity contribution in [1.82, 2.24) is 4.57 Å². The van der Waals surface area contributed by atoms with Crippen LogP contribution in [0.15, 0.2) is 25.0 Å². The lowest BCUT2D eigenvalue weighted by atomic mass is 10.2. The molecule has 72 valence electrons. The number of allylic oxidation sites excluding steroid dienone is 1. The first-order valence-corrected chi connectivity index (χ1v) is 5.41. The van der Waals surface area contributed by atoms with Crippen LogP contribution in [-0.2, 0) is 7.05 Å². The van der Waals surface area contributed by atoms with Crippen molar-refractivity contribution in [3.8, 4) is 0 Å². The largest absolute Gasteiger partial charge is 0.355 e. The molecule has 0 unspecified atom stereocenters. The zero-order chi connectivity index (χ0) is 10.1. The molecule has 1 nitrogen and oxygen atoms in total. The zero-order valence-electron chi connectivity index (χ0n) is 8.45. The molecule has 0 saturated heterocycles. The molecule has 0 fully saturated rings. The summed E-state index contributed by atoms with van der Waals surface area (Å²) in [6.07, 6.45) is 10.4. The van der Waals surface area contributed by atoms with E-state index in [1.807, 2.05) is 24.3 Å². The van der Waals surface area contributed by atoms with Crippen molar-refractivity contribution in [2.75, 3.05) is 0 Å². The van der Waals surface area contributed by atoms with Crippen LogP contribution in [0.2, 0.25) is 0 Å². The Morgan fingerprint density at radius 3 is 2.86 bits per heavy atom. The maximum atomic E-state index is 3.87. The molecule has 14 heavy (non-hydrogen) atoms. The molecule has 0 atom stereocenters. The summed E-state index contributed by atoms with van der Waals surface area (Å²) in [4.78, 5) is 1.30. The molecule has 2 heteroatoms. The number of hydrogen-bond donors (Lipinski definition) is 0. The smallest absolute Gasteiger partial charge is 0.0532 e. The van der Waals surface area contributed by atoms with E-state index in [0.717, 1.165) is 0 Å². The number of rotatable bonds is 2. The van der Waals surface area contributed by atoms with E-state index in [4.69, 9.17) is 0 Å². The van der Waals surface area contributed by atoms with Gasteiger partial charge in [0, 0.05) is 35.3 Å². The number of hydrogen-bond acceptors (Lipinski definition) is 1. The number of thiophene rings is 1. The van der Waals surface area contributed by atoms with Gasteiger partial charge in [0.05, 0.1) is 4.70 Å². The van der Waals surface area contributed by atoms with Gasteiger partial charge in [-0.25, -0.2) is 0 Å². The number of fused-ring (bicyclic) bond motifs is 1. The van der Waals surface area contributed by atoms with Gasteiger partial charge < -0.3 is 4.57 Å². The molecule has 0 saturated carbocycles. The monoisotopic (exact) mass is 203 g/mol. The first-order valence-electron chi connectivity index (χ1n) is 4.60. The van der Waals surface area contributed by atoms with Gasteiger partial charge >= 0.3 is 0 Å². The third-order valence-electron chi connectivity index (χ3n) is 2.22. The Kier molecular flexibility index (Phi) is 2.30. The molecule has 0 spiro atoms. The highest BCUT2D eigenvalue weighted by Crippen LogP contribution is 2.33. The van der Waals surface area contributed by atoms with Gasteiger partial charge in [-0.3, -0.25) is 0 Å². The van der Waals surface area contributed by atoms with E-state index in [1.165, 1.54) is 20.5 Å². The molecular formula is C12H13NS. The maximum Gasteiger partial charge on any atom is 0.0532 e. The minimum atomic E-state index is 1.25. The third-order valence-corrected chi connectivity index (χ3v) is 3.34. The van der Waals surface area contributed by atoms with Crippen molar-refractivity contribution >= 4 is 33.6 Å². The summed E-state index contributed by atoms with van der Waals surface area (Å²) in [6.45, 7) is 5.91. The van der Waals surface area contributed by atoms with Crippen molar-refractivity contribution in [3.63, 3.8) is 0 Å². The molecule has 0 aliphatic carbocycles. The fourth-order valence-electron chi connectivity index (χ4n) is 1.63. The number of aryl methyl sites for hydroxylation is 1. The van der Waals surface area contributed by atoms with Gasteiger partial charge in [0.15, 0.2) is 0 Å². The lowest BCUT2D eigenvalue weighted by Crippen LogP contribution is -1.78. The van der Waals surface area contributed by atoms with Crippen LogP contribution in [0.3, 0.4) is 0 Å². The predicted molar refractivity (Wildman–Crippen MR) is 65.6 cm³/mol. The molecule has 0 aliphatic rings. The summed E-state index contributed by atoms with van der Waals surface area (Å²) in [7, 11) is 2.05. The summed E-state index contributed by atoms with van der Waals surface area (Å²) in [5.74, 6) is 0. The molecule has 0 N–H and O–H groups in total. The Balaban J connectivity index is 2.74. The highest BCUT2D eigenvalue weighted by atomic mass is 32.1. The van der Waals surface area contributed by atoms with E-state index in [1.54, 1.807) is 0 Å². The van der Waals surface area contributed by atoms with Gasteiger partial charge in [-0.05, 0) is 13.0 Å². The molecular weight excluding hydrogens is 190 g/mol. The quantitative estimate of drug-likeness (QED) is 0.697. The summed E-state index contributed by atoms with van der Waals surface area (Å²) in [5, 5.41) is 1.31. The second kappa shape index (κ2) is 3.46. The average Bonchev–Trinajstić information content (AvgIpc) is 2.61. The Morgan fingerprint density at radius 2 is 2.21 bits per heavy atom. The molecule has 2 aromatic heterocycles. The molecule has 0 aliphatic heterocycles. The molecule has 2 aromatic rings. The minimum Gasteiger partial charge on any atom is -0.355 e. The summed E-state index contributed by atoms with van der Waals surface area (Å²) >= 11 is 1.81. The zero-order valence-corrected chi connectivity index (χ0v) is 9.27. The van der Waals surface area contributed by atoms with E-state index in [2.05, 4.69) is 42.7 Å². The van der Waals surface area contributed by atoms with Crippen molar-refractivity contribution in [1.29, 1.82) is 0 Å². The van der Waals surface area contributed by atoms with Gasteiger partial charge in [0.2, 0.25) is 0 Å². The Morgan fingerprint density at radius 1 is 1.43 bits per heavy atom. The van der Waals surface area contributed by atoms with Gasteiger partial charge in [0.1, 0.15) is 0 Å². The highest BCUT2D eigenvalue weighted by Gasteiger charge is 2.08. The fraction of sp³-hybridized carbons (Fsp3) is 0.167. The van der Waals surface area contributed by atoms with Crippen LogP contribution in [0.1, 0.15) is 17.4 Å². The van der Waals surface area contributed by atoms with Crippen molar-refractivity contribution in [3.05, 3.63) is 35.5 Å². The van der Waals surface area contributed by atoms with Gasteiger partial charge in [-0.1, -0.05) is 18.7 Å². The highest BCUT2D eigenvalue weighted by molar-refractivity contribution is 7.20. The predicted octanol–water partition coefficient (Wildman–Crippen LogP) is 3.92. The summed E-state index contributed by atoms with van der Waals surface area (Å²) in [6, 6.07) is 0. The van der Waals surface area contributed by atoms with Crippen molar-refractivity contribution in [2.45, 2.75) is 6.92 Å². The molecule has 2 rings (SSSR count). The van der Waals surface area contributed by atoms with Crippen LogP contribution in [0.4, 0.5) is 0 Å². The minimum absolute atomic E-state index is 1.25. The number of nitrogens with zero attached hydrogens (tertiary/aromatic N) is 1. The molecule has 0 amide bonds. The first kappa shape index (κ1) is 9.28. The van der Waals surface area contributed by atoms with E-state index in [-0.39, 0.29) is 0 Å². The van der Waals surface area contributed by atoms with E-state index >= 15 is 0 Å². The standard InChI is InChI=1S/C12H13NS/c1-4-6-11-9(5-2)10-7-13(3)8-12(10)14-11/h4-8H,2H2,1,3H3/b6-4-. The van der Waals surface area contributed by atoms with Gasteiger partial charge in [0.25, 0.3) is 0 Å². The SMILES string of the molecule is C=Cc1c(/C=C\C)sc2cn(C)cc12. The van der Waals surface area contributed by atoms with Gasteiger partial charge in [-0.2, -0.15) is 0 Å². The number of aromatic nitrogens is 1. The van der Waals surface area contributed by atoms with Gasteiger partial charge in [-0.15, -0.1) is 11.3 Å². The second-order valence-corrected chi connectivity index (χ2v) is 4.37. The Labute approximate surface area is 88.0 Å². The van der Waals surface area contributed by atoms with Crippen LogP contribution in [-0.4, -0.2) is 4.57 Å². The molecule has 2 heterocycles. The van der Waals surface area contributed by atoms with Crippen LogP contribution in [0.5, 0.6) is 0 Å². The van der Waals surface area contributed by atoms with Crippen LogP contribution in [0.25, 0.3) is 22.2 Å². The lowest BCUT2D eigenvalue weighted by Gasteiger charge is -1.91. The maximum absolute atomic E-state index is 3.87. The first-order chi connectivity index (χ1) is 6.76. The summed E-state index contributed by atoms with van der Waals surface area (Å²) < 4.78 is 3.42. The van der Waals surface area contributed by atoms with E-state index in [9.17, 15) is 0 Å². The Hall–Kier alpha value is -1.28. The fourth-order valence-corrected chi connectivity index (χ4v) is 2.87. The second-order valence-electron chi connectivity index (χ2n) is 3.29. The Bertz CT molecular complexity index is 500. The summed E-state index contributed by atoms with van der Waals surface area (Å²) in [5.41, 5.74) is 1.25. The molecule has 0 bridgehead atoms. The third kappa shape index (κ3) is 1.32. The van der Waals surface area contributed by atoms with Crippen molar-refractivity contribution in [2.24, 2.45) is 7.05 Å². The lowest BCUT2D eigenvalue weighted by molar-refractivity contribution is 0.934. The normalized spacial score (nSPS) is 11.6.